The minimum Gasteiger partial charge on any atom is -0.256 e. The minimum absolute atomic E-state index is 1.02. The van der Waals surface area contributed by atoms with E-state index in [0.717, 1.165) is 17.7 Å². The monoisotopic (exact) mass is 259 g/mol. The van der Waals surface area contributed by atoms with Crippen LogP contribution >= 0.6 is 0 Å². The summed E-state index contributed by atoms with van der Waals surface area (Å²) in [4.78, 5) is 4.43. The second-order valence-corrected chi connectivity index (χ2v) is 4.81. The highest BCUT2D eigenvalue weighted by Crippen LogP contribution is 2.27. The molecule has 0 bridgehead atoms. The van der Waals surface area contributed by atoms with Crippen LogP contribution < -0.4 is 0 Å². The van der Waals surface area contributed by atoms with Gasteiger partial charge in [0, 0.05) is 11.8 Å². The average Bonchev–Trinajstić information content (AvgIpc) is 2.56. The summed E-state index contributed by atoms with van der Waals surface area (Å²) in [7, 11) is 0. The molecule has 0 aliphatic carbocycles. The molecule has 0 spiro atoms. The maximum atomic E-state index is 4.43. The molecule has 2 aromatic carbocycles. The van der Waals surface area contributed by atoms with Gasteiger partial charge in [-0.25, -0.2) is 0 Å². The Morgan fingerprint density at radius 3 is 2.40 bits per heavy atom. The summed E-state index contributed by atoms with van der Waals surface area (Å²) < 4.78 is 0. The van der Waals surface area contributed by atoms with Crippen molar-refractivity contribution >= 4 is 0 Å². The summed E-state index contributed by atoms with van der Waals surface area (Å²) >= 11 is 0. The Labute approximate surface area is 119 Å². The zero-order valence-corrected chi connectivity index (χ0v) is 11.6. The first-order valence-electron chi connectivity index (χ1n) is 6.98. The Hall–Kier alpha value is -2.41. The van der Waals surface area contributed by atoms with Gasteiger partial charge in [0.15, 0.2) is 0 Å². The highest BCUT2D eigenvalue weighted by atomic mass is 14.7. The summed E-state index contributed by atoms with van der Waals surface area (Å²) in [5.74, 6) is 0. The van der Waals surface area contributed by atoms with Crippen LogP contribution in [0.4, 0.5) is 0 Å². The molecule has 0 unspecified atom stereocenters. The molecule has 1 aromatic heterocycles. The predicted octanol–water partition coefficient (Wildman–Crippen LogP) is 4.98. The van der Waals surface area contributed by atoms with Crippen LogP contribution in [0.5, 0.6) is 0 Å². The molecule has 0 aliphatic heterocycles. The van der Waals surface area contributed by atoms with Gasteiger partial charge in [-0.15, -0.1) is 0 Å². The number of aryl methyl sites for hydroxylation is 1. The Bertz CT molecular complexity index is 702. The maximum absolute atomic E-state index is 4.43. The molecule has 1 heteroatoms. The van der Waals surface area contributed by atoms with Gasteiger partial charge in [0.1, 0.15) is 0 Å². The number of rotatable bonds is 3. The number of pyridine rings is 1. The van der Waals surface area contributed by atoms with E-state index in [1.165, 1.54) is 16.7 Å². The first kappa shape index (κ1) is 12.6. The van der Waals surface area contributed by atoms with Crippen molar-refractivity contribution < 1.29 is 0 Å². The van der Waals surface area contributed by atoms with Crippen LogP contribution in [0.25, 0.3) is 22.4 Å². The number of hydrogen-bond donors (Lipinski definition) is 0. The van der Waals surface area contributed by atoms with E-state index in [4.69, 9.17) is 0 Å². The fourth-order valence-electron chi connectivity index (χ4n) is 2.49. The van der Waals surface area contributed by atoms with Crippen molar-refractivity contribution in [3.63, 3.8) is 0 Å². The predicted molar refractivity (Wildman–Crippen MR) is 84.5 cm³/mol. The van der Waals surface area contributed by atoms with Crippen LogP contribution in [-0.2, 0) is 6.42 Å². The van der Waals surface area contributed by atoms with Crippen LogP contribution in [0.1, 0.15) is 12.5 Å². The van der Waals surface area contributed by atoms with Crippen LogP contribution in [0.3, 0.4) is 0 Å². The van der Waals surface area contributed by atoms with Gasteiger partial charge < -0.3 is 0 Å². The number of hydrogen-bond acceptors (Lipinski definition) is 1. The molecule has 0 aliphatic rings. The third-order valence-electron chi connectivity index (χ3n) is 3.53. The van der Waals surface area contributed by atoms with Crippen molar-refractivity contribution in [1.29, 1.82) is 0 Å². The summed E-state index contributed by atoms with van der Waals surface area (Å²) in [6, 6.07) is 23.2. The molecular weight excluding hydrogens is 242 g/mol. The first-order chi connectivity index (χ1) is 9.88. The molecule has 3 aromatic rings. The van der Waals surface area contributed by atoms with Gasteiger partial charge >= 0.3 is 0 Å². The molecule has 0 atom stereocenters. The highest BCUT2D eigenvalue weighted by Gasteiger charge is 2.05. The smallest absolute Gasteiger partial charge is 0.0702 e. The van der Waals surface area contributed by atoms with Gasteiger partial charge in [0.25, 0.3) is 0 Å². The molecule has 0 N–H and O–H groups in total. The second kappa shape index (κ2) is 5.70. The van der Waals surface area contributed by atoms with Crippen LogP contribution in [0.15, 0.2) is 72.9 Å². The lowest BCUT2D eigenvalue weighted by Crippen LogP contribution is -1.88. The molecule has 20 heavy (non-hydrogen) atoms. The van der Waals surface area contributed by atoms with E-state index >= 15 is 0 Å². The van der Waals surface area contributed by atoms with Crippen LogP contribution in [-0.4, -0.2) is 4.98 Å². The van der Waals surface area contributed by atoms with Crippen molar-refractivity contribution in [3.05, 3.63) is 78.5 Å². The molecule has 1 heterocycles. The fourth-order valence-corrected chi connectivity index (χ4v) is 2.49. The van der Waals surface area contributed by atoms with Crippen LogP contribution in [0, 0.1) is 0 Å². The Morgan fingerprint density at radius 1 is 0.800 bits per heavy atom. The standard InChI is InChI=1S/C19H17N/c1-2-15-8-3-4-11-18(15)16-9-7-10-17(14-16)19-12-5-6-13-20-19/h3-14H,2H2,1H3. The lowest BCUT2D eigenvalue weighted by atomic mass is 9.96. The van der Waals surface area contributed by atoms with Gasteiger partial charge in [-0.05, 0) is 41.3 Å². The van der Waals surface area contributed by atoms with E-state index in [1.54, 1.807) is 0 Å². The molecule has 0 radical (unpaired) electrons. The van der Waals surface area contributed by atoms with Crippen molar-refractivity contribution in [2.45, 2.75) is 13.3 Å². The average molecular weight is 259 g/mol. The lowest BCUT2D eigenvalue weighted by Gasteiger charge is -2.09. The summed E-state index contributed by atoms with van der Waals surface area (Å²) in [5.41, 5.74) is 6.13. The van der Waals surface area contributed by atoms with Gasteiger partial charge in [0.05, 0.1) is 5.69 Å². The Morgan fingerprint density at radius 2 is 1.60 bits per heavy atom. The summed E-state index contributed by atoms with van der Waals surface area (Å²) in [5, 5.41) is 0. The maximum Gasteiger partial charge on any atom is 0.0702 e. The molecular formula is C19H17N. The number of benzene rings is 2. The summed E-state index contributed by atoms with van der Waals surface area (Å²) in [6.07, 6.45) is 2.88. The Balaban J connectivity index is 2.08. The molecule has 0 saturated carbocycles. The fraction of sp³-hybridized carbons (Fsp3) is 0.105. The number of aromatic nitrogens is 1. The summed E-state index contributed by atoms with van der Waals surface area (Å²) in [6.45, 7) is 2.20. The van der Waals surface area contributed by atoms with E-state index < -0.39 is 0 Å². The molecule has 0 saturated heterocycles. The SMILES string of the molecule is CCc1ccccc1-c1cccc(-c2ccccn2)c1. The van der Waals surface area contributed by atoms with E-state index in [2.05, 4.69) is 60.4 Å². The van der Waals surface area contributed by atoms with E-state index in [1.807, 2.05) is 24.4 Å². The van der Waals surface area contributed by atoms with E-state index in [0.29, 0.717) is 0 Å². The third-order valence-corrected chi connectivity index (χ3v) is 3.53. The molecule has 1 nitrogen and oxygen atoms in total. The topological polar surface area (TPSA) is 12.9 Å². The first-order valence-corrected chi connectivity index (χ1v) is 6.98. The van der Waals surface area contributed by atoms with Crippen molar-refractivity contribution in [2.75, 3.05) is 0 Å². The van der Waals surface area contributed by atoms with Gasteiger partial charge in [-0.3, -0.25) is 4.98 Å². The minimum atomic E-state index is 1.02. The lowest BCUT2D eigenvalue weighted by molar-refractivity contribution is 1.14. The zero-order valence-electron chi connectivity index (χ0n) is 11.6. The molecule has 0 fully saturated rings. The molecule has 3 rings (SSSR count). The second-order valence-electron chi connectivity index (χ2n) is 4.81. The van der Waals surface area contributed by atoms with Crippen molar-refractivity contribution in [3.8, 4) is 22.4 Å². The van der Waals surface area contributed by atoms with E-state index in [-0.39, 0.29) is 0 Å². The van der Waals surface area contributed by atoms with Crippen molar-refractivity contribution in [1.82, 2.24) is 4.98 Å². The van der Waals surface area contributed by atoms with E-state index in [9.17, 15) is 0 Å². The normalized spacial score (nSPS) is 10.4. The van der Waals surface area contributed by atoms with Crippen LogP contribution in [0.2, 0.25) is 0 Å². The third kappa shape index (κ3) is 2.48. The molecule has 0 amide bonds. The van der Waals surface area contributed by atoms with Gasteiger partial charge in [0.2, 0.25) is 0 Å². The molecule has 98 valence electrons. The van der Waals surface area contributed by atoms with Gasteiger partial charge in [-0.1, -0.05) is 55.5 Å². The van der Waals surface area contributed by atoms with Gasteiger partial charge in [-0.2, -0.15) is 0 Å². The highest BCUT2D eigenvalue weighted by molar-refractivity contribution is 5.73. The quantitative estimate of drug-likeness (QED) is 0.646. The zero-order chi connectivity index (χ0) is 13.8. The number of nitrogens with zero attached hydrogens (tertiary/aromatic N) is 1. The van der Waals surface area contributed by atoms with Crippen molar-refractivity contribution in [2.24, 2.45) is 0 Å². The largest absolute Gasteiger partial charge is 0.256 e. The Kier molecular flexibility index (Phi) is 3.60.